The average Bonchev–Trinajstić information content (AvgIpc) is 2.62. The van der Waals surface area contributed by atoms with E-state index in [9.17, 15) is 0 Å². The van der Waals surface area contributed by atoms with E-state index >= 15 is 0 Å². The Balaban J connectivity index is -0.000000541. The zero-order valence-electron chi connectivity index (χ0n) is 20.6. The Kier molecular flexibility index (Phi) is 24.2. The summed E-state index contributed by atoms with van der Waals surface area (Å²) >= 11 is 0. The maximum absolute atomic E-state index is 5.80. The van der Waals surface area contributed by atoms with Gasteiger partial charge in [-0.05, 0) is 36.0 Å². The molecule has 1 aromatic carbocycles. The third-order valence-corrected chi connectivity index (χ3v) is 3.20. The Labute approximate surface area is 172 Å². The fourth-order valence-corrected chi connectivity index (χ4v) is 2.07. The van der Waals surface area contributed by atoms with Crippen LogP contribution in [0.3, 0.4) is 0 Å². The minimum atomic E-state index is -0.177. The molecule has 2 atom stereocenters. The van der Waals surface area contributed by atoms with Crippen molar-refractivity contribution in [3.8, 4) is 5.75 Å². The minimum Gasteiger partial charge on any atom is -0.465 e. The lowest BCUT2D eigenvalue weighted by molar-refractivity contribution is -0.0833. The Morgan fingerprint density at radius 2 is 1.22 bits per heavy atom. The second-order valence-electron chi connectivity index (χ2n) is 7.66. The molecule has 0 bridgehead atoms. The second-order valence-corrected chi connectivity index (χ2v) is 7.66. The molecule has 0 aliphatic heterocycles. The summed E-state index contributed by atoms with van der Waals surface area (Å²) in [7, 11) is 1.68. The molecule has 162 valence electrons. The van der Waals surface area contributed by atoms with Gasteiger partial charge in [0.2, 0.25) is 6.29 Å². The van der Waals surface area contributed by atoms with Crippen molar-refractivity contribution in [2.45, 2.75) is 108 Å². The molecule has 0 amide bonds. The van der Waals surface area contributed by atoms with Crippen molar-refractivity contribution < 1.29 is 9.47 Å². The predicted molar refractivity (Wildman–Crippen MR) is 124 cm³/mol. The van der Waals surface area contributed by atoms with Crippen molar-refractivity contribution in [2.75, 3.05) is 7.11 Å². The van der Waals surface area contributed by atoms with Crippen LogP contribution in [-0.2, 0) is 4.74 Å². The van der Waals surface area contributed by atoms with Gasteiger partial charge in [0.15, 0.2) is 0 Å². The molecule has 0 saturated heterocycles. The van der Waals surface area contributed by atoms with E-state index in [1.165, 1.54) is 24.8 Å². The highest BCUT2D eigenvalue weighted by Gasteiger charge is 2.14. The summed E-state index contributed by atoms with van der Waals surface area (Å²) in [6, 6.07) is 8.39. The number of ether oxygens (including phenoxy) is 2. The van der Waals surface area contributed by atoms with Gasteiger partial charge < -0.3 is 9.47 Å². The van der Waals surface area contributed by atoms with Gasteiger partial charge >= 0.3 is 0 Å². The molecule has 2 heteroatoms. The standard InChI is InChI=1S/C16H26O2.C4H10.C3H8.C2H6/c1-6-7-13(4)14-8-10-15(11-9-14)18-16(17-5)12(2)3;1-4(2)3;1-3-2;1-2/h8-13,16H,6-7H2,1-5H3;4H,1-3H3;3H2,1-2H3;1-2H3. The lowest BCUT2D eigenvalue weighted by Crippen LogP contribution is -2.24. The number of hydrogen-bond donors (Lipinski definition) is 0. The van der Waals surface area contributed by atoms with Crippen molar-refractivity contribution in [1.82, 2.24) is 0 Å². The van der Waals surface area contributed by atoms with Gasteiger partial charge in [0, 0.05) is 13.0 Å². The smallest absolute Gasteiger partial charge is 0.201 e. The first-order valence-corrected chi connectivity index (χ1v) is 11.0. The summed E-state index contributed by atoms with van der Waals surface area (Å²) in [6.45, 7) is 23.4. The van der Waals surface area contributed by atoms with Gasteiger partial charge in [0.1, 0.15) is 5.75 Å². The second kappa shape index (κ2) is 21.3. The number of methoxy groups -OCH3 is 1. The zero-order chi connectivity index (χ0) is 21.8. The van der Waals surface area contributed by atoms with Gasteiger partial charge in [0.25, 0.3) is 0 Å². The monoisotopic (exact) mass is 382 g/mol. The highest BCUT2D eigenvalue weighted by Crippen LogP contribution is 2.24. The highest BCUT2D eigenvalue weighted by molar-refractivity contribution is 5.29. The summed E-state index contributed by atoms with van der Waals surface area (Å²) in [4.78, 5) is 0. The normalized spacial score (nSPS) is 11.9. The Hall–Kier alpha value is -1.02. The molecule has 0 saturated carbocycles. The Morgan fingerprint density at radius 1 is 0.815 bits per heavy atom. The molecule has 0 spiro atoms. The first-order chi connectivity index (χ1) is 12.7. The van der Waals surface area contributed by atoms with Crippen molar-refractivity contribution in [3.05, 3.63) is 29.8 Å². The van der Waals surface area contributed by atoms with Crippen molar-refractivity contribution >= 4 is 0 Å². The topological polar surface area (TPSA) is 18.5 Å². The van der Waals surface area contributed by atoms with E-state index in [-0.39, 0.29) is 6.29 Å². The van der Waals surface area contributed by atoms with Crippen LogP contribution >= 0.6 is 0 Å². The lowest BCUT2D eigenvalue weighted by Gasteiger charge is -2.21. The molecule has 0 aromatic heterocycles. The first-order valence-electron chi connectivity index (χ1n) is 11.0. The summed E-state index contributed by atoms with van der Waals surface area (Å²) < 4.78 is 11.1. The maximum Gasteiger partial charge on any atom is 0.201 e. The van der Waals surface area contributed by atoms with E-state index in [0.29, 0.717) is 11.8 Å². The predicted octanol–water partition coefficient (Wildman–Crippen LogP) is 8.70. The molecule has 27 heavy (non-hydrogen) atoms. The van der Waals surface area contributed by atoms with Crippen LogP contribution in [0.1, 0.15) is 107 Å². The number of benzene rings is 1. The molecule has 2 unspecified atom stereocenters. The van der Waals surface area contributed by atoms with Gasteiger partial charge in [-0.15, -0.1) is 0 Å². The van der Waals surface area contributed by atoms with Crippen molar-refractivity contribution in [2.24, 2.45) is 11.8 Å². The summed E-state index contributed by atoms with van der Waals surface area (Å²) in [6.07, 6.45) is 3.52. The van der Waals surface area contributed by atoms with Crippen LogP contribution in [0.15, 0.2) is 24.3 Å². The average molecular weight is 383 g/mol. The molecule has 0 fully saturated rings. The summed E-state index contributed by atoms with van der Waals surface area (Å²) in [5, 5.41) is 0. The fourth-order valence-electron chi connectivity index (χ4n) is 2.07. The molecule has 1 rings (SSSR count). The molecule has 0 N–H and O–H groups in total. The van der Waals surface area contributed by atoms with Gasteiger partial charge in [0.05, 0.1) is 0 Å². The van der Waals surface area contributed by atoms with Crippen LogP contribution in [0.5, 0.6) is 5.75 Å². The Morgan fingerprint density at radius 3 is 1.52 bits per heavy atom. The third-order valence-electron chi connectivity index (χ3n) is 3.20. The Bertz CT molecular complexity index is 379. The van der Waals surface area contributed by atoms with Crippen LogP contribution in [0, 0.1) is 11.8 Å². The quantitative estimate of drug-likeness (QED) is 0.439. The van der Waals surface area contributed by atoms with Crippen LogP contribution < -0.4 is 4.74 Å². The largest absolute Gasteiger partial charge is 0.465 e. The third kappa shape index (κ3) is 19.5. The molecular weight excluding hydrogens is 332 g/mol. The molecule has 2 nitrogen and oxygen atoms in total. The first kappa shape index (κ1) is 30.7. The van der Waals surface area contributed by atoms with E-state index < -0.39 is 0 Å². The van der Waals surface area contributed by atoms with Crippen LogP contribution in [-0.4, -0.2) is 13.4 Å². The van der Waals surface area contributed by atoms with E-state index in [4.69, 9.17) is 9.47 Å². The maximum atomic E-state index is 5.80. The molecule has 0 aliphatic rings. The van der Waals surface area contributed by atoms with E-state index in [2.05, 4.69) is 74.4 Å². The van der Waals surface area contributed by atoms with Gasteiger partial charge in [-0.25, -0.2) is 0 Å². The van der Waals surface area contributed by atoms with Crippen molar-refractivity contribution in [1.29, 1.82) is 0 Å². The van der Waals surface area contributed by atoms with Gasteiger partial charge in [-0.1, -0.05) is 101 Å². The lowest BCUT2D eigenvalue weighted by atomic mass is 9.97. The molecule has 0 radical (unpaired) electrons. The van der Waals surface area contributed by atoms with Crippen LogP contribution in [0.2, 0.25) is 0 Å². The highest BCUT2D eigenvalue weighted by atomic mass is 16.7. The van der Waals surface area contributed by atoms with Gasteiger partial charge in [-0.3, -0.25) is 0 Å². The van der Waals surface area contributed by atoms with E-state index in [1.807, 2.05) is 26.0 Å². The molecule has 1 aromatic rings. The number of rotatable bonds is 7. The van der Waals surface area contributed by atoms with E-state index in [1.54, 1.807) is 7.11 Å². The van der Waals surface area contributed by atoms with Gasteiger partial charge in [-0.2, -0.15) is 0 Å². The van der Waals surface area contributed by atoms with Crippen LogP contribution in [0.25, 0.3) is 0 Å². The molecule has 0 heterocycles. The summed E-state index contributed by atoms with van der Waals surface area (Å²) in [5.41, 5.74) is 1.38. The minimum absolute atomic E-state index is 0.177. The van der Waals surface area contributed by atoms with Crippen LogP contribution in [0.4, 0.5) is 0 Å². The fraction of sp³-hybridized carbons (Fsp3) is 0.760. The number of hydrogen-bond acceptors (Lipinski definition) is 2. The zero-order valence-corrected chi connectivity index (χ0v) is 20.6. The molecular formula is C25H50O2. The molecule has 0 aliphatic carbocycles. The van der Waals surface area contributed by atoms with Crippen molar-refractivity contribution in [3.63, 3.8) is 0 Å². The SMILES string of the molecule is CC.CC(C)C.CCC.CCCC(C)c1ccc(OC(OC)C(C)C)cc1. The van der Waals surface area contributed by atoms with E-state index in [0.717, 1.165) is 11.7 Å². The summed E-state index contributed by atoms with van der Waals surface area (Å²) in [5.74, 6) is 2.67.